The summed E-state index contributed by atoms with van der Waals surface area (Å²) in [5, 5.41) is 101. The number of urea groups is 2. The van der Waals surface area contributed by atoms with Crippen molar-refractivity contribution < 1.29 is 132 Å². The number of aliphatic carboxylic acids is 9. The average molecular weight is 1240 g/mol. The molecule has 17 N–H and O–H groups in total. The van der Waals surface area contributed by atoms with Crippen LogP contribution in [0.5, 0.6) is 0 Å². The van der Waals surface area contributed by atoms with E-state index in [9.17, 15) is 81.4 Å². The quantitative estimate of drug-likeness (QED) is 0.0175. The van der Waals surface area contributed by atoms with Crippen LogP contribution < -0.4 is 31.9 Å². The van der Waals surface area contributed by atoms with Crippen molar-refractivity contribution in [3.8, 4) is 0 Å². The third kappa shape index (κ3) is 48.2. The zero-order valence-electron chi connectivity index (χ0n) is 45.0. The van der Waals surface area contributed by atoms with Crippen LogP contribution in [0.2, 0.25) is 0 Å². The average Bonchev–Trinajstić information content (AvgIpc) is 3.33. The van der Waals surface area contributed by atoms with Gasteiger partial charge in [0.05, 0.1) is 11.7 Å². The minimum absolute atomic E-state index is 0.0394. The number of carboxylic acids is 9. The Labute approximate surface area is 479 Å². The van der Waals surface area contributed by atoms with E-state index >= 15 is 0 Å². The van der Waals surface area contributed by atoms with E-state index in [1.165, 1.54) is 27.7 Å². The number of amides is 4. The highest BCUT2D eigenvalue weighted by Gasteiger charge is 2.30. The van der Waals surface area contributed by atoms with Crippen molar-refractivity contribution in [1.82, 2.24) is 31.9 Å². The Bertz CT molecular complexity index is 2160. The second kappa shape index (κ2) is 43.9. The van der Waals surface area contributed by atoms with Crippen molar-refractivity contribution in [3.63, 3.8) is 0 Å². The zero-order chi connectivity index (χ0) is 64.6. The second-order valence-corrected chi connectivity index (χ2v) is 21.0. The summed E-state index contributed by atoms with van der Waals surface area (Å²) in [4.78, 5) is 173. The molecular formula is C46H73N6O27PS2. The number of ketones is 4. The van der Waals surface area contributed by atoms with Gasteiger partial charge >= 0.3 is 65.8 Å². The number of allylic oxidation sites excluding steroid dienone is 1. The van der Waals surface area contributed by atoms with Gasteiger partial charge in [-0.25, -0.2) is 33.6 Å². The Morgan fingerprint density at radius 3 is 1.02 bits per heavy atom. The minimum atomic E-state index is -3.71. The molecule has 0 aromatic heterocycles. The number of thiol groups is 1. The van der Waals surface area contributed by atoms with Gasteiger partial charge in [-0.05, 0) is 78.4 Å². The van der Waals surface area contributed by atoms with Gasteiger partial charge < -0.3 is 102 Å². The predicted molar refractivity (Wildman–Crippen MR) is 290 cm³/mol. The predicted octanol–water partition coefficient (Wildman–Crippen LogP) is 0.687. The third-order valence-electron chi connectivity index (χ3n) is 10.1. The Hall–Kier alpha value is -7.78. The number of carbonyl (C=O) groups excluding carboxylic acids is 6. The molecule has 82 heavy (non-hydrogen) atoms. The van der Waals surface area contributed by atoms with Crippen molar-refractivity contribution in [1.29, 1.82) is 0 Å². The molecule has 0 spiro atoms. The molecule has 466 valence electrons. The Morgan fingerprint density at radius 2 is 0.744 bits per heavy atom. The van der Waals surface area contributed by atoms with E-state index in [0.717, 1.165) is 0 Å². The van der Waals surface area contributed by atoms with Gasteiger partial charge in [0.25, 0.3) is 0 Å². The molecule has 0 bridgehead atoms. The number of thiocarbonyl (C=S) groups is 1. The van der Waals surface area contributed by atoms with Crippen LogP contribution in [0.15, 0.2) is 12.3 Å². The molecule has 8 unspecified atom stereocenters. The summed E-state index contributed by atoms with van der Waals surface area (Å²) in [6.45, 7) is 8.51. The largest absolute Gasteiger partial charge is 0.513 e. The molecule has 0 aromatic rings. The van der Waals surface area contributed by atoms with Gasteiger partial charge in [0, 0.05) is 75.5 Å². The Balaban J connectivity index is -0.000000496. The van der Waals surface area contributed by atoms with Crippen molar-refractivity contribution in [2.45, 2.75) is 154 Å². The molecular weight excluding hydrogens is 1160 g/mol. The second-order valence-electron chi connectivity index (χ2n) is 17.7. The maximum Gasteiger partial charge on any atom is 0.326 e. The standard InChI is InChI=1S/C13H20N2O6S.C12H18N2O8.C11H18N2O6S.C10H17O7P/c1-7(16)3-5-9(11(18)19)14-13(22)15-10(12(20)21)6-4-8(2)17;1-6(15)2-3-7(10(18)19)13-12(22)14-8(11(20)21)4-5-9(16)17;1-6(14)4-7(5-20)12-11(19)13-8(10(17)18)2-3-9(15)16;1-7(11)4-5-18(16,17)6-8(10(14)15)2-3-9(12)13/h9-10,16H,1,3-6H2,2H3,(H,18,19)(H,20,21)(H2,14,15,22);7-8H,2-5H2,1H3,(H,16,17)(H,18,19)(H,20,21)(H2,13,14,22);7-8,20H,2-5H2,1H3,(H,15,16)(H,17,18)(H2,12,13,19);8H,2-6H2,1H3,(H,12,13)(H,14,15)(H,16,17). The molecule has 0 aliphatic heterocycles. The van der Waals surface area contributed by atoms with Gasteiger partial charge in [-0.2, -0.15) is 12.6 Å². The van der Waals surface area contributed by atoms with Crippen LogP contribution in [0.3, 0.4) is 0 Å². The van der Waals surface area contributed by atoms with Crippen molar-refractivity contribution >= 4 is 126 Å². The minimum Gasteiger partial charge on any atom is -0.513 e. The number of aliphatic hydroxyl groups is 1. The number of hydrogen-bond donors (Lipinski definition) is 18. The Morgan fingerprint density at radius 1 is 0.439 bits per heavy atom. The summed E-state index contributed by atoms with van der Waals surface area (Å²) in [7, 11) is -3.71. The van der Waals surface area contributed by atoms with E-state index < -0.39 is 128 Å². The Kier molecular flexibility index (Phi) is 43.2. The van der Waals surface area contributed by atoms with E-state index in [1.807, 2.05) is 10.6 Å². The maximum absolute atomic E-state index is 11.7. The van der Waals surface area contributed by atoms with Crippen LogP contribution in [-0.4, -0.2) is 204 Å². The van der Waals surface area contributed by atoms with E-state index in [2.05, 4.69) is 40.5 Å². The first-order valence-electron chi connectivity index (χ1n) is 24.2. The van der Waals surface area contributed by atoms with Gasteiger partial charge in [-0.15, -0.1) is 0 Å². The van der Waals surface area contributed by atoms with E-state index in [1.54, 1.807) is 0 Å². The molecule has 0 heterocycles. The lowest BCUT2D eigenvalue weighted by atomic mass is 10.1. The number of hydrogen-bond acceptors (Lipinski definition) is 19. The highest BCUT2D eigenvalue weighted by Crippen LogP contribution is 2.44. The lowest BCUT2D eigenvalue weighted by Gasteiger charge is -2.20. The normalized spacial score (nSPS) is 13.5. The molecule has 0 saturated carbocycles. The van der Waals surface area contributed by atoms with Crippen LogP contribution >= 0.6 is 32.2 Å². The molecule has 36 heteroatoms. The highest BCUT2D eigenvalue weighted by molar-refractivity contribution is 7.80. The molecule has 0 saturated heterocycles. The first kappa shape index (κ1) is 80.7. The van der Waals surface area contributed by atoms with Gasteiger partial charge in [0.15, 0.2) is 5.11 Å². The third-order valence-corrected chi connectivity index (χ3v) is 12.7. The van der Waals surface area contributed by atoms with Crippen molar-refractivity contribution in [2.75, 3.05) is 18.1 Å². The molecule has 4 amide bonds. The fourth-order valence-corrected chi connectivity index (χ4v) is 8.18. The van der Waals surface area contributed by atoms with Gasteiger partial charge in [-0.3, -0.25) is 28.5 Å². The van der Waals surface area contributed by atoms with Crippen LogP contribution in [-0.2, 0) is 66.9 Å². The van der Waals surface area contributed by atoms with Gasteiger partial charge in [0.1, 0.15) is 53.3 Å². The summed E-state index contributed by atoms with van der Waals surface area (Å²) < 4.78 is 11.7. The van der Waals surface area contributed by atoms with E-state index in [4.69, 9.17) is 63.3 Å². The lowest BCUT2D eigenvalue weighted by Crippen LogP contribution is -2.51. The molecule has 0 aromatic carbocycles. The van der Waals surface area contributed by atoms with Gasteiger partial charge in [0.2, 0.25) is 7.37 Å². The first-order chi connectivity index (χ1) is 37.7. The van der Waals surface area contributed by atoms with Crippen LogP contribution in [0.1, 0.15) is 118 Å². The number of carbonyl (C=O) groups is 15. The summed E-state index contributed by atoms with van der Waals surface area (Å²) in [6, 6.07) is -8.64. The molecule has 0 fully saturated rings. The van der Waals surface area contributed by atoms with E-state index in [-0.39, 0.29) is 129 Å². The number of Topliss-reactive ketones (excluding diaryl/α,β-unsaturated/α-hetero) is 4. The topological polar surface area (TPSA) is 568 Å². The summed E-state index contributed by atoms with van der Waals surface area (Å²) >= 11 is 8.86. The van der Waals surface area contributed by atoms with E-state index in [0.29, 0.717) is 0 Å². The summed E-state index contributed by atoms with van der Waals surface area (Å²) in [5.74, 6) is -13.2. The molecule has 0 aliphatic carbocycles. The fourth-order valence-electron chi connectivity index (χ4n) is 5.80. The van der Waals surface area contributed by atoms with Gasteiger partial charge in [-0.1, -0.05) is 6.58 Å². The van der Waals surface area contributed by atoms with Crippen molar-refractivity contribution in [3.05, 3.63) is 12.3 Å². The smallest absolute Gasteiger partial charge is 0.326 e. The zero-order valence-corrected chi connectivity index (χ0v) is 47.6. The number of rotatable bonds is 38. The highest BCUT2D eigenvalue weighted by atomic mass is 32.1. The first-order valence-corrected chi connectivity index (χ1v) is 27.2. The van der Waals surface area contributed by atoms with Crippen molar-refractivity contribution in [2.24, 2.45) is 5.92 Å². The fraction of sp³-hybridized carbons (Fsp3) is 0.609. The maximum atomic E-state index is 11.7. The van der Waals surface area contributed by atoms with Crippen LogP contribution in [0.25, 0.3) is 0 Å². The lowest BCUT2D eigenvalue weighted by molar-refractivity contribution is -0.143. The summed E-state index contributed by atoms with van der Waals surface area (Å²) in [6.07, 6.45) is -2.72. The van der Waals surface area contributed by atoms with Crippen LogP contribution in [0.4, 0.5) is 9.59 Å². The molecule has 33 nitrogen and oxygen atoms in total. The summed E-state index contributed by atoms with van der Waals surface area (Å²) in [5.41, 5.74) is 0. The number of carboxylic acid groups (broad SMARTS) is 9. The molecule has 8 atom stereocenters. The number of nitrogens with one attached hydrogen (secondary N) is 6. The molecule has 0 rings (SSSR count). The van der Waals surface area contributed by atoms with Crippen LogP contribution in [0, 0.1) is 5.92 Å². The monoisotopic (exact) mass is 1240 g/mol. The SMILES string of the molecule is C=C(O)CCC(NC(=S)NC(CCC(C)=O)C(=O)O)C(=O)O.CC(=O)CC(CS)NC(=O)NC(CCC(=O)O)C(=O)O.CC(=O)CCC(NC(=O)NC(CCC(=O)O)C(=O)O)C(=O)O.CC(=O)CCP(=O)(O)CC(CCC(=O)O)C(=O)O. The molecule has 0 aliphatic rings. The number of aliphatic hydroxyl groups excluding tert-OH is 1. The molecule has 0 radical (unpaired) electrons.